The standard InChI is InChI=1S/C17H26N4O.C3H8.H2/c1-18-17(22)16-6-5-15(13-19-16)21-11-7-14(8-12-21)20-9-3-2-4-10-20;1-3-2;/h5-6,13-14H,2-4,7-12H2,1H3,(H,18,22);3H2,1-2H3;1H. The summed E-state index contributed by atoms with van der Waals surface area (Å²) < 4.78 is 0. The van der Waals surface area contributed by atoms with E-state index in [1.807, 2.05) is 18.3 Å². The van der Waals surface area contributed by atoms with Crippen molar-refractivity contribution in [3.05, 3.63) is 24.0 Å². The first kappa shape index (κ1) is 19.7. The zero-order valence-electron chi connectivity index (χ0n) is 16.1. The Kier molecular flexibility index (Phi) is 8.19. The van der Waals surface area contributed by atoms with Crippen LogP contribution in [0.2, 0.25) is 0 Å². The number of anilines is 1. The van der Waals surface area contributed by atoms with Gasteiger partial charge in [0.25, 0.3) is 5.91 Å². The Balaban J connectivity index is 0.000000791. The summed E-state index contributed by atoms with van der Waals surface area (Å²) in [5.74, 6) is -0.129. The maximum atomic E-state index is 11.5. The van der Waals surface area contributed by atoms with Crippen molar-refractivity contribution < 1.29 is 6.22 Å². The number of carbonyl (C=O) groups is 1. The van der Waals surface area contributed by atoms with Gasteiger partial charge in [0.15, 0.2) is 0 Å². The first-order chi connectivity index (χ1) is 12.2. The SMILES string of the molecule is CCC.CNC(=O)c1ccc(N2CCC(N3CCCCC3)CC2)cn1.[HH]. The van der Waals surface area contributed by atoms with Gasteiger partial charge in [-0.1, -0.05) is 26.7 Å². The molecule has 1 N–H and O–H groups in total. The number of carbonyl (C=O) groups excluding carboxylic acids is 1. The number of piperidine rings is 2. The molecule has 142 valence electrons. The highest BCUT2D eigenvalue weighted by molar-refractivity contribution is 5.92. The molecule has 0 bridgehead atoms. The fraction of sp³-hybridized carbons (Fsp3) is 0.700. The number of amides is 1. The van der Waals surface area contributed by atoms with Gasteiger partial charge in [0.05, 0.1) is 11.9 Å². The molecule has 0 atom stereocenters. The summed E-state index contributed by atoms with van der Waals surface area (Å²) in [6, 6.07) is 4.58. The lowest BCUT2D eigenvalue weighted by Gasteiger charge is -2.40. The second kappa shape index (κ2) is 10.4. The molecule has 0 unspecified atom stereocenters. The molecule has 3 rings (SSSR count). The number of hydrogen-bond donors (Lipinski definition) is 1. The van der Waals surface area contributed by atoms with Crippen molar-refractivity contribution in [2.45, 2.75) is 58.4 Å². The van der Waals surface area contributed by atoms with E-state index in [0.29, 0.717) is 5.69 Å². The maximum absolute atomic E-state index is 11.5. The third-order valence-corrected chi connectivity index (χ3v) is 4.94. The van der Waals surface area contributed by atoms with Crippen molar-refractivity contribution in [1.29, 1.82) is 0 Å². The van der Waals surface area contributed by atoms with Gasteiger partial charge in [0.2, 0.25) is 0 Å². The molecule has 0 saturated carbocycles. The predicted molar refractivity (Wildman–Crippen MR) is 106 cm³/mol. The van der Waals surface area contributed by atoms with Crippen molar-refractivity contribution in [3.63, 3.8) is 0 Å². The molecule has 2 fully saturated rings. The van der Waals surface area contributed by atoms with Gasteiger partial charge in [-0.3, -0.25) is 4.79 Å². The summed E-state index contributed by atoms with van der Waals surface area (Å²) in [4.78, 5) is 20.9. The number of nitrogens with one attached hydrogen (secondary N) is 1. The molecule has 1 aromatic heterocycles. The van der Waals surface area contributed by atoms with Gasteiger partial charge in [0, 0.05) is 27.6 Å². The largest absolute Gasteiger partial charge is 0.370 e. The Bertz CT molecular complexity index is 509. The van der Waals surface area contributed by atoms with E-state index < -0.39 is 0 Å². The van der Waals surface area contributed by atoms with Crippen molar-refractivity contribution in [1.82, 2.24) is 15.2 Å². The van der Waals surface area contributed by atoms with E-state index in [1.165, 1.54) is 51.6 Å². The summed E-state index contributed by atoms with van der Waals surface area (Å²) in [6.45, 7) is 8.99. The van der Waals surface area contributed by atoms with Crippen LogP contribution in [-0.2, 0) is 0 Å². The van der Waals surface area contributed by atoms with Gasteiger partial charge in [-0.15, -0.1) is 0 Å². The van der Waals surface area contributed by atoms with Gasteiger partial charge >= 0.3 is 0 Å². The van der Waals surface area contributed by atoms with Gasteiger partial charge in [-0.05, 0) is 50.9 Å². The third kappa shape index (κ3) is 5.70. The van der Waals surface area contributed by atoms with E-state index in [0.717, 1.165) is 24.8 Å². The van der Waals surface area contributed by atoms with Crippen molar-refractivity contribution in [2.24, 2.45) is 0 Å². The Morgan fingerprint density at radius 3 is 2.32 bits per heavy atom. The summed E-state index contributed by atoms with van der Waals surface area (Å²) in [5, 5.41) is 2.60. The average molecular weight is 349 g/mol. The number of rotatable bonds is 3. The molecule has 2 aliphatic heterocycles. The van der Waals surface area contributed by atoms with Crippen LogP contribution in [0.25, 0.3) is 0 Å². The molecule has 1 aromatic rings. The summed E-state index contributed by atoms with van der Waals surface area (Å²) >= 11 is 0. The van der Waals surface area contributed by atoms with Crippen LogP contribution in [0.15, 0.2) is 18.3 Å². The summed E-state index contributed by atoms with van der Waals surface area (Å²) in [7, 11) is 1.63. The van der Waals surface area contributed by atoms with E-state index in [-0.39, 0.29) is 7.33 Å². The van der Waals surface area contributed by atoms with Crippen LogP contribution < -0.4 is 10.2 Å². The monoisotopic (exact) mass is 348 g/mol. The Labute approximate surface area is 154 Å². The molecule has 0 aliphatic carbocycles. The van der Waals surface area contributed by atoms with E-state index in [4.69, 9.17) is 0 Å². The van der Waals surface area contributed by atoms with Crippen LogP contribution in [0.4, 0.5) is 5.69 Å². The number of nitrogens with zero attached hydrogens (tertiary/aromatic N) is 3. The highest BCUT2D eigenvalue weighted by Gasteiger charge is 2.25. The minimum atomic E-state index is -0.129. The predicted octanol–water partition coefficient (Wildman–Crippen LogP) is 3.56. The molecule has 5 nitrogen and oxygen atoms in total. The van der Waals surface area contributed by atoms with Crippen LogP contribution in [0.1, 0.15) is 64.3 Å². The minimum Gasteiger partial charge on any atom is -0.370 e. The Morgan fingerprint density at radius 1 is 1.16 bits per heavy atom. The Morgan fingerprint density at radius 2 is 1.80 bits per heavy atom. The van der Waals surface area contributed by atoms with Crippen LogP contribution in [-0.4, -0.2) is 55.1 Å². The fourth-order valence-corrected chi connectivity index (χ4v) is 3.61. The zero-order valence-corrected chi connectivity index (χ0v) is 16.1. The van der Waals surface area contributed by atoms with Gasteiger partial charge in [0.1, 0.15) is 5.69 Å². The smallest absolute Gasteiger partial charge is 0.269 e. The topological polar surface area (TPSA) is 48.5 Å². The van der Waals surface area contributed by atoms with Gasteiger partial charge < -0.3 is 15.1 Å². The molecule has 0 radical (unpaired) electrons. The highest BCUT2D eigenvalue weighted by atomic mass is 16.1. The van der Waals surface area contributed by atoms with Crippen molar-refractivity contribution in [3.8, 4) is 0 Å². The van der Waals surface area contributed by atoms with Gasteiger partial charge in [-0.2, -0.15) is 0 Å². The van der Waals surface area contributed by atoms with E-state index in [9.17, 15) is 4.79 Å². The van der Waals surface area contributed by atoms with Gasteiger partial charge in [-0.25, -0.2) is 4.98 Å². The third-order valence-electron chi connectivity index (χ3n) is 4.94. The van der Waals surface area contributed by atoms with Crippen LogP contribution in [0, 0.1) is 0 Å². The number of aromatic nitrogens is 1. The normalized spacial score (nSPS) is 19.1. The van der Waals surface area contributed by atoms with Crippen LogP contribution in [0.3, 0.4) is 0 Å². The highest BCUT2D eigenvalue weighted by Crippen LogP contribution is 2.24. The zero-order chi connectivity index (χ0) is 18.1. The first-order valence-corrected chi connectivity index (χ1v) is 9.86. The summed E-state index contributed by atoms with van der Waals surface area (Å²) in [5.41, 5.74) is 1.61. The Hall–Kier alpha value is -1.62. The molecular weight excluding hydrogens is 312 g/mol. The molecule has 5 heteroatoms. The molecule has 25 heavy (non-hydrogen) atoms. The average Bonchev–Trinajstić information content (AvgIpc) is 2.69. The van der Waals surface area contributed by atoms with E-state index >= 15 is 0 Å². The van der Waals surface area contributed by atoms with Crippen molar-refractivity contribution >= 4 is 11.6 Å². The molecule has 0 aromatic carbocycles. The molecular formula is C20H36N4O. The molecule has 1 amide bonds. The van der Waals surface area contributed by atoms with Crippen LogP contribution >= 0.6 is 0 Å². The quantitative estimate of drug-likeness (QED) is 0.907. The number of likely N-dealkylation sites (tertiary alicyclic amines) is 1. The fourth-order valence-electron chi connectivity index (χ4n) is 3.61. The maximum Gasteiger partial charge on any atom is 0.269 e. The van der Waals surface area contributed by atoms with E-state index in [1.54, 1.807) is 7.05 Å². The number of hydrogen-bond acceptors (Lipinski definition) is 4. The first-order valence-electron chi connectivity index (χ1n) is 9.86. The minimum absolute atomic E-state index is 0. The lowest BCUT2D eigenvalue weighted by atomic mass is 9.99. The number of pyridine rings is 1. The molecule has 0 spiro atoms. The van der Waals surface area contributed by atoms with Crippen molar-refractivity contribution in [2.75, 3.05) is 38.1 Å². The second-order valence-electron chi connectivity index (χ2n) is 7.00. The van der Waals surface area contributed by atoms with E-state index in [2.05, 4.69) is 33.9 Å². The lowest BCUT2D eigenvalue weighted by molar-refractivity contribution is 0.0958. The molecule has 2 aliphatic rings. The lowest BCUT2D eigenvalue weighted by Crippen LogP contribution is -2.46. The summed E-state index contributed by atoms with van der Waals surface area (Å²) in [6.07, 6.45) is 9.68. The molecule has 3 heterocycles. The molecule has 2 saturated heterocycles. The van der Waals surface area contributed by atoms with Crippen LogP contribution in [0.5, 0.6) is 0 Å². The second-order valence-corrected chi connectivity index (χ2v) is 7.00.